The minimum Gasteiger partial charge on any atom is -0.463 e. The summed E-state index contributed by atoms with van der Waals surface area (Å²) in [6.45, 7) is 5.96. The molecule has 0 aliphatic carbocycles. The number of rotatable bonds is 3. The van der Waals surface area contributed by atoms with Crippen LogP contribution in [0.1, 0.15) is 20.8 Å². The van der Waals surface area contributed by atoms with E-state index in [2.05, 4.69) is 0 Å². The van der Waals surface area contributed by atoms with Crippen LogP contribution in [0.5, 0.6) is 0 Å². The molecule has 0 aromatic rings. The maximum atomic E-state index is 11.0. The van der Waals surface area contributed by atoms with Gasteiger partial charge < -0.3 is 10.5 Å². The summed E-state index contributed by atoms with van der Waals surface area (Å²) in [4.78, 5) is 11.0. The number of esters is 1. The minimum atomic E-state index is -0.315. The fourth-order valence-corrected chi connectivity index (χ4v) is 0.711. The van der Waals surface area contributed by atoms with Gasteiger partial charge in [-0.3, -0.25) is 0 Å². The van der Waals surface area contributed by atoms with Crippen LogP contribution in [0.3, 0.4) is 0 Å². The molecule has 0 fully saturated rings. The average molecular weight is 157 g/mol. The number of nitrogens with two attached hydrogens (primary N) is 1. The zero-order valence-electron chi connectivity index (χ0n) is 7.26. The van der Waals surface area contributed by atoms with Gasteiger partial charge >= 0.3 is 5.97 Å². The summed E-state index contributed by atoms with van der Waals surface area (Å²) in [7, 11) is 0. The minimum absolute atomic E-state index is 0.124. The molecule has 0 radical (unpaired) electrons. The molecule has 0 aliphatic rings. The van der Waals surface area contributed by atoms with E-state index in [0.29, 0.717) is 12.2 Å². The fourth-order valence-electron chi connectivity index (χ4n) is 0.711. The second-order valence-corrected chi connectivity index (χ2v) is 2.50. The van der Waals surface area contributed by atoms with Gasteiger partial charge in [0.15, 0.2) is 0 Å². The van der Waals surface area contributed by atoms with Gasteiger partial charge in [-0.2, -0.15) is 0 Å². The van der Waals surface area contributed by atoms with Gasteiger partial charge in [-0.15, -0.1) is 0 Å². The molecule has 0 aliphatic heterocycles. The standard InChI is InChI=1S/C8H15NO2/c1-4-11-8(10)7(5-9)6(2)3/h5-6H,4,9H2,1-3H3. The van der Waals surface area contributed by atoms with Crippen molar-refractivity contribution in [2.45, 2.75) is 20.8 Å². The normalized spacial score (nSPS) is 11.8. The summed E-state index contributed by atoms with van der Waals surface area (Å²) in [6, 6.07) is 0. The molecule has 0 amide bonds. The molecule has 0 saturated heterocycles. The van der Waals surface area contributed by atoms with Crippen molar-refractivity contribution in [1.29, 1.82) is 0 Å². The molecule has 11 heavy (non-hydrogen) atoms. The molecule has 0 atom stereocenters. The van der Waals surface area contributed by atoms with Gasteiger partial charge in [0.25, 0.3) is 0 Å². The summed E-state index contributed by atoms with van der Waals surface area (Å²) in [6.07, 6.45) is 1.31. The first-order chi connectivity index (χ1) is 5.13. The van der Waals surface area contributed by atoms with E-state index in [1.807, 2.05) is 13.8 Å². The smallest absolute Gasteiger partial charge is 0.335 e. The van der Waals surface area contributed by atoms with Gasteiger partial charge in [-0.1, -0.05) is 13.8 Å². The molecule has 0 saturated carbocycles. The topological polar surface area (TPSA) is 52.3 Å². The van der Waals surface area contributed by atoms with Crippen LogP contribution in [0.2, 0.25) is 0 Å². The Morgan fingerprint density at radius 2 is 2.18 bits per heavy atom. The Hall–Kier alpha value is -0.990. The van der Waals surface area contributed by atoms with E-state index in [1.54, 1.807) is 6.92 Å². The first-order valence-electron chi connectivity index (χ1n) is 3.72. The fraction of sp³-hybridized carbons (Fsp3) is 0.625. The van der Waals surface area contributed by atoms with E-state index in [-0.39, 0.29) is 11.9 Å². The highest BCUT2D eigenvalue weighted by atomic mass is 16.5. The van der Waals surface area contributed by atoms with E-state index in [1.165, 1.54) is 6.20 Å². The van der Waals surface area contributed by atoms with Crippen molar-refractivity contribution in [3.63, 3.8) is 0 Å². The van der Waals surface area contributed by atoms with E-state index in [9.17, 15) is 4.79 Å². The first-order valence-corrected chi connectivity index (χ1v) is 3.72. The zero-order valence-corrected chi connectivity index (χ0v) is 7.26. The highest BCUT2D eigenvalue weighted by Crippen LogP contribution is 2.09. The molecule has 0 aromatic heterocycles. The summed E-state index contributed by atoms with van der Waals surface area (Å²) >= 11 is 0. The van der Waals surface area contributed by atoms with Crippen LogP contribution in [0.4, 0.5) is 0 Å². The van der Waals surface area contributed by atoms with Crippen LogP contribution < -0.4 is 5.73 Å². The van der Waals surface area contributed by atoms with Crippen LogP contribution in [0.25, 0.3) is 0 Å². The molecular weight excluding hydrogens is 142 g/mol. The first kappa shape index (κ1) is 10.0. The molecule has 64 valence electrons. The van der Waals surface area contributed by atoms with Crippen LogP contribution in [0, 0.1) is 5.92 Å². The molecule has 0 aromatic carbocycles. The third-order valence-corrected chi connectivity index (χ3v) is 1.31. The number of hydrogen-bond donors (Lipinski definition) is 1. The number of hydrogen-bond acceptors (Lipinski definition) is 3. The molecule has 0 heterocycles. The van der Waals surface area contributed by atoms with Crippen LogP contribution in [0.15, 0.2) is 11.8 Å². The Morgan fingerprint density at radius 1 is 1.64 bits per heavy atom. The monoisotopic (exact) mass is 157 g/mol. The summed E-state index contributed by atoms with van der Waals surface area (Å²) in [5, 5.41) is 0. The lowest BCUT2D eigenvalue weighted by Crippen LogP contribution is -2.13. The average Bonchev–Trinajstić information content (AvgIpc) is 1.88. The van der Waals surface area contributed by atoms with Crippen molar-refractivity contribution in [3.05, 3.63) is 11.8 Å². The van der Waals surface area contributed by atoms with Gasteiger partial charge in [0.1, 0.15) is 0 Å². The van der Waals surface area contributed by atoms with Crippen molar-refractivity contribution >= 4 is 5.97 Å². The third kappa shape index (κ3) is 3.07. The number of carbonyl (C=O) groups is 1. The molecule has 3 heteroatoms. The SMILES string of the molecule is CCOC(=O)C(=CN)C(C)C. The highest BCUT2D eigenvalue weighted by Gasteiger charge is 2.12. The van der Waals surface area contributed by atoms with E-state index >= 15 is 0 Å². The number of ether oxygens (including phenoxy) is 1. The molecule has 3 nitrogen and oxygen atoms in total. The predicted octanol–water partition coefficient (Wildman–Crippen LogP) is 1.05. The lowest BCUT2D eigenvalue weighted by atomic mass is 10.1. The summed E-state index contributed by atoms with van der Waals surface area (Å²) in [5.41, 5.74) is 5.78. The third-order valence-electron chi connectivity index (χ3n) is 1.31. The quantitative estimate of drug-likeness (QED) is 0.492. The largest absolute Gasteiger partial charge is 0.463 e. The van der Waals surface area contributed by atoms with Crippen molar-refractivity contribution < 1.29 is 9.53 Å². The lowest BCUT2D eigenvalue weighted by molar-refractivity contribution is -0.139. The van der Waals surface area contributed by atoms with E-state index in [0.717, 1.165) is 0 Å². The Labute approximate surface area is 67.2 Å². The Kier molecular flexibility index (Phi) is 4.34. The van der Waals surface area contributed by atoms with Gasteiger partial charge in [-0.25, -0.2) is 4.79 Å². The maximum absolute atomic E-state index is 11.0. The Bertz CT molecular complexity index is 161. The molecule has 0 rings (SSSR count). The summed E-state index contributed by atoms with van der Waals surface area (Å²) in [5.74, 6) is -0.191. The predicted molar refractivity (Wildman–Crippen MR) is 43.7 cm³/mol. The van der Waals surface area contributed by atoms with Crippen molar-refractivity contribution in [2.24, 2.45) is 11.7 Å². The van der Waals surface area contributed by atoms with E-state index in [4.69, 9.17) is 10.5 Å². The maximum Gasteiger partial charge on any atom is 0.335 e. The van der Waals surface area contributed by atoms with E-state index < -0.39 is 0 Å². The molecule has 0 bridgehead atoms. The van der Waals surface area contributed by atoms with Crippen LogP contribution >= 0.6 is 0 Å². The Morgan fingerprint density at radius 3 is 2.45 bits per heavy atom. The van der Waals surface area contributed by atoms with Gasteiger partial charge in [0, 0.05) is 6.20 Å². The van der Waals surface area contributed by atoms with Crippen molar-refractivity contribution in [3.8, 4) is 0 Å². The van der Waals surface area contributed by atoms with Gasteiger partial charge in [0.05, 0.1) is 12.2 Å². The molecule has 0 spiro atoms. The molecule has 2 N–H and O–H groups in total. The number of carbonyl (C=O) groups excluding carboxylic acids is 1. The Balaban J connectivity index is 4.17. The van der Waals surface area contributed by atoms with Gasteiger partial charge in [-0.05, 0) is 12.8 Å². The summed E-state index contributed by atoms with van der Waals surface area (Å²) < 4.78 is 4.77. The van der Waals surface area contributed by atoms with Crippen molar-refractivity contribution in [1.82, 2.24) is 0 Å². The van der Waals surface area contributed by atoms with Gasteiger partial charge in [0.2, 0.25) is 0 Å². The molecular formula is C8H15NO2. The van der Waals surface area contributed by atoms with Crippen LogP contribution in [-0.4, -0.2) is 12.6 Å². The van der Waals surface area contributed by atoms with Crippen molar-refractivity contribution in [2.75, 3.05) is 6.61 Å². The second kappa shape index (κ2) is 4.77. The second-order valence-electron chi connectivity index (χ2n) is 2.50. The zero-order chi connectivity index (χ0) is 8.85. The highest BCUT2D eigenvalue weighted by molar-refractivity contribution is 5.88. The van der Waals surface area contributed by atoms with Crippen LogP contribution in [-0.2, 0) is 9.53 Å². The molecule has 0 unspecified atom stereocenters. The lowest BCUT2D eigenvalue weighted by Gasteiger charge is -2.08.